The Morgan fingerprint density at radius 3 is 0.855 bits per heavy atom. The number of unbranched alkanes of at least 4 members (excludes halogenated alkanes) is 21. The van der Waals surface area contributed by atoms with Gasteiger partial charge in [-0.15, -0.1) is 0 Å². The molecule has 0 rings (SSSR count). The lowest BCUT2D eigenvalue weighted by molar-refractivity contribution is -0.111. The van der Waals surface area contributed by atoms with E-state index < -0.39 is 24.4 Å². The van der Waals surface area contributed by atoms with Gasteiger partial charge < -0.3 is 20.4 Å². The highest BCUT2D eigenvalue weighted by Gasteiger charge is 2.18. The van der Waals surface area contributed by atoms with E-state index >= 15 is 0 Å². The largest absolute Gasteiger partial charge is 0.392 e. The summed E-state index contributed by atoms with van der Waals surface area (Å²) in [4.78, 5) is 29.9. The molecule has 8 nitrogen and oxygen atoms in total. The fourth-order valence-corrected chi connectivity index (χ4v) is 10.1. The lowest BCUT2D eigenvalue weighted by atomic mass is 10.1. The van der Waals surface area contributed by atoms with Crippen LogP contribution in [-0.2, 0) is 9.59 Å². The molecule has 0 aliphatic carbocycles. The van der Waals surface area contributed by atoms with Gasteiger partial charge in [0.2, 0.25) is 0 Å². The molecule has 0 aliphatic rings. The van der Waals surface area contributed by atoms with E-state index in [4.69, 9.17) is 0 Å². The van der Waals surface area contributed by atoms with Crippen LogP contribution >= 0.6 is 23.5 Å². The Kier molecular flexibility index (Phi) is 47.1. The topological polar surface area (TPSA) is 122 Å². The zero-order chi connectivity index (χ0) is 45.7. The van der Waals surface area contributed by atoms with Gasteiger partial charge in [0.15, 0.2) is 10.2 Å². The van der Waals surface area contributed by atoms with Crippen molar-refractivity contribution in [3.05, 3.63) is 0 Å². The Hall–Kier alpha value is -0.200. The molecule has 0 aromatic rings. The Labute approximate surface area is 393 Å². The van der Waals surface area contributed by atoms with Gasteiger partial charge in [0.1, 0.15) is 0 Å². The maximum Gasteiger partial charge on any atom is 0.188 e. The van der Waals surface area contributed by atoms with Crippen molar-refractivity contribution in [1.29, 1.82) is 0 Å². The zero-order valence-corrected chi connectivity index (χ0v) is 43.0. The maximum atomic E-state index is 12.8. The van der Waals surface area contributed by atoms with Gasteiger partial charge in [0, 0.05) is 50.5 Å². The molecular weight excluding hydrogens is 813 g/mol. The Balaban J connectivity index is 4.57. The summed E-state index contributed by atoms with van der Waals surface area (Å²) in [6.07, 6.45) is 34.7. The van der Waals surface area contributed by atoms with Gasteiger partial charge >= 0.3 is 0 Å². The van der Waals surface area contributed by atoms with E-state index in [0.29, 0.717) is 52.1 Å². The number of nitrogens with zero attached hydrogens (tertiary/aromatic N) is 2. The second-order valence-electron chi connectivity index (χ2n) is 18.7. The molecule has 0 heterocycles. The second-order valence-corrected chi connectivity index (χ2v) is 21.0. The summed E-state index contributed by atoms with van der Waals surface area (Å²) in [7, 11) is 0. The van der Waals surface area contributed by atoms with Gasteiger partial charge in [0.25, 0.3) is 0 Å². The van der Waals surface area contributed by atoms with E-state index in [1.165, 1.54) is 126 Å². The molecule has 10 heteroatoms. The van der Waals surface area contributed by atoms with E-state index in [2.05, 4.69) is 37.5 Å². The highest BCUT2D eigenvalue weighted by molar-refractivity contribution is 8.13. The molecule has 4 atom stereocenters. The number of carbonyl (C=O) groups is 2. The minimum Gasteiger partial charge on any atom is -0.392 e. The number of hydrogen-bond donors (Lipinski definition) is 4. The summed E-state index contributed by atoms with van der Waals surface area (Å²) < 4.78 is 0. The SMILES string of the molecule is CCCCCCCCC(O)CN(CCCC(=O)SCCCCSC(=O)CCCN(CC(O)CCCCCCCC)CC(O)CCCCCCCC)CC(O)CCCCCCCC. The molecule has 0 aromatic carbocycles. The van der Waals surface area contributed by atoms with Crippen molar-refractivity contribution < 1.29 is 30.0 Å². The van der Waals surface area contributed by atoms with Crippen molar-refractivity contribution in [3.63, 3.8) is 0 Å². The number of rotatable bonds is 49. The molecule has 4 N–H and O–H groups in total. The van der Waals surface area contributed by atoms with Gasteiger partial charge in [-0.2, -0.15) is 0 Å². The fourth-order valence-electron chi connectivity index (χ4n) is 8.33. The highest BCUT2D eigenvalue weighted by Crippen LogP contribution is 2.18. The van der Waals surface area contributed by atoms with Crippen LogP contribution in [0.5, 0.6) is 0 Å². The molecule has 0 bridgehead atoms. The van der Waals surface area contributed by atoms with E-state index in [1.54, 1.807) is 0 Å². The van der Waals surface area contributed by atoms with Crippen molar-refractivity contribution in [2.24, 2.45) is 0 Å². The lowest BCUT2D eigenvalue weighted by Crippen LogP contribution is -2.38. The van der Waals surface area contributed by atoms with Crippen molar-refractivity contribution in [2.45, 2.75) is 270 Å². The van der Waals surface area contributed by atoms with Crippen LogP contribution in [0.4, 0.5) is 0 Å². The number of thioether (sulfide) groups is 2. The second kappa shape index (κ2) is 47.3. The van der Waals surface area contributed by atoms with Gasteiger partial charge in [-0.25, -0.2) is 0 Å². The third-order valence-electron chi connectivity index (χ3n) is 12.2. The first-order valence-electron chi connectivity index (χ1n) is 26.6. The first-order valence-corrected chi connectivity index (χ1v) is 28.6. The summed E-state index contributed by atoms with van der Waals surface area (Å²) in [5.41, 5.74) is 0. The van der Waals surface area contributed by atoms with Crippen LogP contribution in [0.3, 0.4) is 0 Å². The third-order valence-corrected chi connectivity index (χ3v) is 14.3. The smallest absolute Gasteiger partial charge is 0.188 e. The monoisotopic (exact) mass is 917 g/mol. The Morgan fingerprint density at radius 2 is 0.597 bits per heavy atom. The minimum atomic E-state index is -0.399. The molecule has 62 heavy (non-hydrogen) atoms. The lowest BCUT2D eigenvalue weighted by Gasteiger charge is -2.27. The van der Waals surface area contributed by atoms with E-state index in [1.807, 2.05) is 0 Å². The summed E-state index contributed by atoms with van der Waals surface area (Å²) in [6.45, 7) is 12.6. The molecule has 370 valence electrons. The van der Waals surface area contributed by atoms with Crippen LogP contribution in [0.1, 0.15) is 246 Å². The van der Waals surface area contributed by atoms with Crippen LogP contribution in [0.25, 0.3) is 0 Å². The normalized spacial score (nSPS) is 13.9. The fraction of sp³-hybridized carbons (Fsp3) is 0.962. The minimum absolute atomic E-state index is 0.202. The van der Waals surface area contributed by atoms with Crippen molar-refractivity contribution in [2.75, 3.05) is 50.8 Å². The molecule has 0 aliphatic heterocycles. The molecule has 0 amide bonds. The number of hydrogen-bond acceptors (Lipinski definition) is 10. The standard InChI is InChI=1S/C52H104N2O6S2/c1-5-9-13-17-21-25-33-47(55)43-53(44-48(56)34-26-22-18-14-10-6-2)39-31-37-51(59)61-41-29-30-42-62-52(60)38-32-40-54(45-49(57)35-27-23-19-15-11-7-3)46-50(58)36-28-24-20-16-12-8-4/h47-50,55-58H,5-46H2,1-4H3. The van der Waals surface area contributed by atoms with E-state index in [-0.39, 0.29) is 10.2 Å². The van der Waals surface area contributed by atoms with Crippen LogP contribution in [0.2, 0.25) is 0 Å². The van der Waals surface area contributed by atoms with Crippen LogP contribution in [0, 0.1) is 0 Å². The van der Waals surface area contributed by atoms with Gasteiger partial charge in [-0.05, 0) is 64.5 Å². The first kappa shape index (κ1) is 61.8. The maximum absolute atomic E-state index is 12.8. The van der Waals surface area contributed by atoms with E-state index in [0.717, 1.165) is 114 Å². The van der Waals surface area contributed by atoms with Crippen molar-refractivity contribution in [3.8, 4) is 0 Å². The van der Waals surface area contributed by atoms with Crippen molar-refractivity contribution >= 4 is 33.8 Å². The summed E-state index contributed by atoms with van der Waals surface area (Å²) in [6, 6.07) is 0. The summed E-state index contributed by atoms with van der Waals surface area (Å²) in [5, 5.41) is 43.8. The van der Waals surface area contributed by atoms with Gasteiger partial charge in [-0.3, -0.25) is 19.4 Å². The average molecular weight is 918 g/mol. The van der Waals surface area contributed by atoms with Crippen LogP contribution in [-0.4, -0.2) is 116 Å². The Bertz CT molecular complexity index is 842. The molecule has 0 saturated carbocycles. The summed E-state index contributed by atoms with van der Waals surface area (Å²) in [5.74, 6) is 1.53. The number of aliphatic hydroxyl groups excluding tert-OH is 4. The molecular formula is C52H104N2O6S2. The number of carbonyl (C=O) groups excluding carboxylic acids is 2. The van der Waals surface area contributed by atoms with Crippen LogP contribution < -0.4 is 0 Å². The third kappa shape index (κ3) is 43.7. The van der Waals surface area contributed by atoms with E-state index in [9.17, 15) is 30.0 Å². The summed E-state index contributed by atoms with van der Waals surface area (Å²) >= 11 is 2.80. The molecule has 0 aromatic heterocycles. The zero-order valence-electron chi connectivity index (χ0n) is 41.3. The molecule has 0 spiro atoms. The molecule has 4 unspecified atom stereocenters. The average Bonchev–Trinajstić information content (AvgIpc) is 3.24. The molecule has 0 radical (unpaired) electrons. The molecule has 0 fully saturated rings. The predicted octanol–water partition coefficient (Wildman–Crippen LogP) is 12.9. The van der Waals surface area contributed by atoms with Gasteiger partial charge in [-0.1, -0.05) is 205 Å². The predicted molar refractivity (Wildman–Crippen MR) is 272 cm³/mol. The highest BCUT2D eigenvalue weighted by atomic mass is 32.2. The number of aliphatic hydroxyl groups is 4. The first-order chi connectivity index (χ1) is 30.1. The van der Waals surface area contributed by atoms with Crippen LogP contribution in [0.15, 0.2) is 0 Å². The quantitative estimate of drug-likeness (QED) is 0.0439. The van der Waals surface area contributed by atoms with Crippen molar-refractivity contribution in [1.82, 2.24) is 9.80 Å². The van der Waals surface area contributed by atoms with Gasteiger partial charge in [0.05, 0.1) is 24.4 Å². The molecule has 0 saturated heterocycles. The Morgan fingerprint density at radius 1 is 0.355 bits per heavy atom.